The third-order valence-electron chi connectivity index (χ3n) is 7.81. The molecule has 0 unspecified atom stereocenters. The summed E-state index contributed by atoms with van der Waals surface area (Å²) in [5.41, 5.74) is 4.72. The normalized spacial score (nSPS) is 16.3. The van der Waals surface area contributed by atoms with Crippen LogP contribution in [-0.2, 0) is 0 Å². The number of anilines is 1. The molecule has 0 saturated carbocycles. The second-order valence-electron chi connectivity index (χ2n) is 10.4. The van der Waals surface area contributed by atoms with Gasteiger partial charge >= 0.3 is 0 Å². The molecule has 206 valence electrons. The van der Waals surface area contributed by atoms with Crippen molar-refractivity contribution in [3.05, 3.63) is 72.2 Å². The summed E-state index contributed by atoms with van der Waals surface area (Å²) in [5.74, 6) is 1.59. The van der Waals surface area contributed by atoms with Gasteiger partial charge in [0.15, 0.2) is 0 Å². The van der Waals surface area contributed by atoms with Crippen LogP contribution in [0.15, 0.2) is 65.2 Å². The number of fused-ring (bicyclic) bond motifs is 1. The van der Waals surface area contributed by atoms with E-state index in [-0.39, 0.29) is 0 Å². The van der Waals surface area contributed by atoms with E-state index in [4.69, 9.17) is 15.7 Å². The molecule has 2 aromatic carbocycles. The molecule has 2 saturated heterocycles. The number of likely N-dealkylation sites (tertiary alicyclic amines) is 1. The number of aromatic nitrogens is 1. The summed E-state index contributed by atoms with van der Waals surface area (Å²) in [7, 11) is 0. The monoisotopic (exact) mass is 536 g/mol. The van der Waals surface area contributed by atoms with Crippen LogP contribution in [0.3, 0.4) is 0 Å². The Hall–Kier alpha value is -3.90. The van der Waals surface area contributed by atoms with Crippen LogP contribution in [0.25, 0.3) is 38.4 Å². The van der Waals surface area contributed by atoms with Gasteiger partial charge in [-0.2, -0.15) is 0 Å². The SMILES string of the molecule is [C-]#[N+]c1cnc2oc(-c3ccc(OCCN4CCCC4)cc3)c(-c3ccccc3)c2c1NCCN1CCNCC1. The van der Waals surface area contributed by atoms with Gasteiger partial charge in [-0.05, 0) is 55.8 Å². The number of hydrogen-bond acceptors (Lipinski definition) is 7. The Morgan fingerprint density at radius 3 is 2.42 bits per heavy atom. The van der Waals surface area contributed by atoms with Gasteiger partial charge in [-0.15, -0.1) is 0 Å². The molecule has 6 rings (SSSR count). The Morgan fingerprint density at radius 1 is 0.925 bits per heavy atom. The van der Waals surface area contributed by atoms with E-state index < -0.39 is 0 Å². The van der Waals surface area contributed by atoms with Crippen LogP contribution in [0.4, 0.5) is 11.4 Å². The molecule has 40 heavy (non-hydrogen) atoms. The summed E-state index contributed by atoms with van der Waals surface area (Å²) in [6, 6.07) is 18.3. The Balaban J connectivity index is 1.31. The zero-order valence-corrected chi connectivity index (χ0v) is 22.9. The van der Waals surface area contributed by atoms with Crippen molar-refractivity contribution >= 4 is 22.5 Å². The summed E-state index contributed by atoms with van der Waals surface area (Å²) in [5, 5.41) is 7.83. The fraction of sp³-hybridized carbons (Fsp3) is 0.375. The number of hydrogen-bond donors (Lipinski definition) is 2. The Morgan fingerprint density at radius 2 is 1.68 bits per heavy atom. The summed E-state index contributed by atoms with van der Waals surface area (Å²) in [4.78, 5) is 13.3. The second-order valence-corrected chi connectivity index (χ2v) is 10.4. The largest absolute Gasteiger partial charge is 0.492 e. The van der Waals surface area contributed by atoms with Crippen molar-refractivity contribution in [3.8, 4) is 28.2 Å². The van der Waals surface area contributed by atoms with Crippen molar-refractivity contribution in [2.24, 2.45) is 0 Å². The van der Waals surface area contributed by atoms with Gasteiger partial charge in [0.25, 0.3) is 0 Å². The van der Waals surface area contributed by atoms with E-state index in [1.54, 1.807) is 6.20 Å². The van der Waals surface area contributed by atoms with Crippen molar-refractivity contribution in [2.45, 2.75) is 12.8 Å². The van der Waals surface area contributed by atoms with Gasteiger partial charge < -0.3 is 19.8 Å². The molecular weight excluding hydrogens is 500 g/mol. The molecule has 4 heterocycles. The van der Waals surface area contributed by atoms with Gasteiger partial charge in [-0.1, -0.05) is 30.3 Å². The zero-order valence-electron chi connectivity index (χ0n) is 22.9. The Bertz CT molecular complexity index is 1450. The molecule has 8 nitrogen and oxygen atoms in total. The highest BCUT2D eigenvalue weighted by Gasteiger charge is 2.23. The van der Waals surface area contributed by atoms with Gasteiger partial charge in [0.1, 0.15) is 18.1 Å². The van der Waals surface area contributed by atoms with Crippen LogP contribution in [0.2, 0.25) is 0 Å². The number of pyridine rings is 1. The standard InChI is InChI=1S/C32H36N6O2/c1-33-27-23-36-32-29(30(27)35-15-20-38-18-13-34-14-19-38)28(24-7-3-2-4-8-24)31(40-32)25-9-11-26(12-10-25)39-22-21-37-16-5-6-17-37/h2-4,7-12,23,34H,5-6,13-22H2,(H,35,36). The summed E-state index contributed by atoms with van der Waals surface area (Å²) >= 11 is 0. The Kier molecular flexibility index (Phi) is 8.24. The maximum Gasteiger partial charge on any atom is 0.228 e. The van der Waals surface area contributed by atoms with E-state index >= 15 is 0 Å². The quantitative estimate of drug-likeness (QED) is 0.259. The first-order valence-corrected chi connectivity index (χ1v) is 14.3. The number of ether oxygens (including phenoxy) is 1. The predicted octanol–water partition coefficient (Wildman–Crippen LogP) is 5.50. The highest BCUT2D eigenvalue weighted by Crippen LogP contribution is 2.46. The van der Waals surface area contributed by atoms with Crippen molar-refractivity contribution < 1.29 is 9.15 Å². The summed E-state index contributed by atoms with van der Waals surface area (Å²) < 4.78 is 12.5. The number of furan rings is 1. The molecule has 8 heteroatoms. The first kappa shape index (κ1) is 26.3. The first-order chi connectivity index (χ1) is 19.8. The third-order valence-corrected chi connectivity index (χ3v) is 7.81. The van der Waals surface area contributed by atoms with Crippen LogP contribution < -0.4 is 15.4 Å². The number of nitrogens with zero attached hydrogens (tertiary/aromatic N) is 4. The molecule has 2 N–H and O–H groups in total. The second kappa shape index (κ2) is 12.5. The van der Waals surface area contributed by atoms with Gasteiger partial charge in [0.05, 0.1) is 17.6 Å². The first-order valence-electron chi connectivity index (χ1n) is 14.3. The lowest BCUT2D eigenvalue weighted by Gasteiger charge is -2.27. The topological polar surface area (TPSA) is 70.2 Å². The van der Waals surface area contributed by atoms with Crippen molar-refractivity contribution in [1.29, 1.82) is 0 Å². The fourth-order valence-corrected chi connectivity index (χ4v) is 5.68. The van der Waals surface area contributed by atoms with Crippen LogP contribution in [0, 0.1) is 6.57 Å². The maximum absolute atomic E-state index is 7.85. The van der Waals surface area contributed by atoms with E-state index in [9.17, 15) is 0 Å². The van der Waals surface area contributed by atoms with Crippen molar-refractivity contribution in [2.75, 3.05) is 70.8 Å². The maximum atomic E-state index is 7.85. The van der Waals surface area contributed by atoms with E-state index in [1.807, 2.05) is 42.5 Å². The number of piperazine rings is 1. The average Bonchev–Trinajstić information content (AvgIpc) is 3.67. The lowest BCUT2D eigenvalue weighted by Crippen LogP contribution is -2.45. The smallest absolute Gasteiger partial charge is 0.228 e. The van der Waals surface area contributed by atoms with E-state index in [1.165, 1.54) is 25.9 Å². The van der Waals surface area contributed by atoms with Crippen LogP contribution in [0.1, 0.15) is 12.8 Å². The minimum Gasteiger partial charge on any atom is -0.492 e. The molecule has 0 spiro atoms. The summed E-state index contributed by atoms with van der Waals surface area (Å²) in [6.07, 6.45) is 4.19. The average molecular weight is 537 g/mol. The summed E-state index contributed by atoms with van der Waals surface area (Å²) in [6.45, 7) is 17.6. The number of rotatable bonds is 10. The third kappa shape index (κ3) is 5.82. The highest BCUT2D eigenvalue weighted by molar-refractivity contribution is 6.10. The van der Waals surface area contributed by atoms with Gasteiger partial charge in [-0.25, -0.2) is 9.83 Å². The van der Waals surface area contributed by atoms with Crippen LogP contribution in [-0.4, -0.2) is 80.3 Å². The van der Waals surface area contributed by atoms with Crippen LogP contribution >= 0.6 is 0 Å². The van der Waals surface area contributed by atoms with Crippen LogP contribution in [0.5, 0.6) is 5.75 Å². The molecule has 2 aliphatic heterocycles. The van der Waals surface area contributed by atoms with Gasteiger partial charge in [0.2, 0.25) is 11.4 Å². The molecule has 2 aromatic heterocycles. The number of nitrogens with one attached hydrogen (secondary N) is 2. The van der Waals surface area contributed by atoms with E-state index in [2.05, 4.69) is 42.4 Å². The minimum absolute atomic E-state index is 0.499. The minimum atomic E-state index is 0.499. The lowest BCUT2D eigenvalue weighted by atomic mass is 9.98. The van der Waals surface area contributed by atoms with E-state index in [0.29, 0.717) is 18.0 Å². The highest BCUT2D eigenvalue weighted by atomic mass is 16.5. The zero-order chi connectivity index (χ0) is 27.1. The predicted molar refractivity (Wildman–Crippen MR) is 160 cm³/mol. The molecule has 2 fully saturated rings. The van der Waals surface area contributed by atoms with E-state index in [0.717, 1.165) is 85.1 Å². The molecule has 4 aromatic rings. The van der Waals surface area contributed by atoms with Crippen molar-refractivity contribution in [1.82, 2.24) is 20.1 Å². The van der Waals surface area contributed by atoms with Crippen molar-refractivity contribution in [3.63, 3.8) is 0 Å². The molecule has 0 radical (unpaired) electrons. The fourth-order valence-electron chi connectivity index (χ4n) is 5.68. The van der Waals surface area contributed by atoms with Gasteiger partial charge in [0, 0.05) is 63.1 Å². The molecular formula is C32H36N6O2. The van der Waals surface area contributed by atoms with Gasteiger partial charge in [-0.3, -0.25) is 9.80 Å². The lowest BCUT2D eigenvalue weighted by molar-refractivity contribution is 0.238. The number of benzene rings is 2. The molecule has 0 amide bonds. The molecule has 2 aliphatic rings. The Labute approximate surface area is 235 Å². The molecule has 0 atom stereocenters. The molecule has 0 bridgehead atoms. The molecule has 0 aliphatic carbocycles.